The van der Waals surface area contributed by atoms with E-state index in [-0.39, 0.29) is 18.6 Å². The molecule has 0 aliphatic carbocycles. The van der Waals surface area contributed by atoms with Crippen LogP contribution in [0.15, 0.2) is 48.7 Å². The van der Waals surface area contributed by atoms with Crippen LogP contribution in [0.25, 0.3) is 0 Å². The third-order valence-electron chi connectivity index (χ3n) is 3.75. The van der Waals surface area contributed by atoms with Gasteiger partial charge < -0.3 is 14.4 Å². The number of hydrogen-bond acceptors (Lipinski definition) is 5. The highest BCUT2D eigenvalue weighted by Gasteiger charge is 2.28. The number of pyridine rings is 1. The Labute approximate surface area is 140 Å². The molecule has 0 radical (unpaired) electrons. The molecule has 1 amide bonds. The van der Waals surface area contributed by atoms with Crippen LogP contribution in [-0.4, -0.2) is 41.6 Å². The van der Waals surface area contributed by atoms with Gasteiger partial charge in [-0.1, -0.05) is 18.2 Å². The van der Waals surface area contributed by atoms with E-state index in [1.54, 1.807) is 23.2 Å². The van der Waals surface area contributed by atoms with Crippen molar-refractivity contribution in [1.82, 2.24) is 9.88 Å². The summed E-state index contributed by atoms with van der Waals surface area (Å²) in [6.07, 6.45) is 2.15. The van der Waals surface area contributed by atoms with Gasteiger partial charge in [-0.25, -0.2) is 4.98 Å². The highest BCUT2D eigenvalue weighted by Crippen LogP contribution is 2.18. The van der Waals surface area contributed by atoms with Crippen LogP contribution in [-0.2, 0) is 4.79 Å². The van der Waals surface area contributed by atoms with Crippen molar-refractivity contribution in [2.45, 2.75) is 12.5 Å². The van der Waals surface area contributed by atoms with Gasteiger partial charge in [0.1, 0.15) is 11.9 Å². The Morgan fingerprint density at radius 1 is 1.33 bits per heavy atom. The number of likely N-dealkylation sites (tertiary alicyclic amines) is 1. The lowest BCUT2D eigenvalue weighted by Gasteiger charge is -2.17. The number of para-hydroxylation sites is 1. The molecule has 1 atom stereocenters. The van der Waals surface area contributed by atoms with Gasteiger partial charge in [-0.3, -0.25) is 4.79 Å². The fourth-order valence-electron chi connectivity index (χ4n) is 2.52. The lowest BCUT2D eigenvalue weighted by Crippen LogP contribution is -2.34. The van der Waals surface area contributed by atoms with Crippen molar-refractivity contribution in [3.05, 3.63) is 54.2 Å². The maximum absolute atomic E-state index is 12.2. The number of nitriles is 1. The van der Waals surface area contributed by atoms with Crippen molar-refractivity contribution < 1.29 is 14.3 Å². The van der Waals surface area contributed by atoms with Crippen LogP contribution in [0, 0.1) is 11.3 Å². The Kier molecular flexibility index (Phi) is 4.92. The maximum atomic E-state index is 12.2. The predicted octanol–water partition coefficient (Wildman–Crippen LogP) is 2.01. The number of amides is 1. The number of rotatable bonds is 5. The third-order valence-corrected chi connectivity index (χ3v) is 3.75. The van der Waals surface area contributed by atoms with E-state index in [0.29, 0.717) is 30.3 Å². The van der Waals surface area contributed by atoms with Crippen LogP contribution in [0.3, 0.4) is 0 Å². The van der Waals surface area contributed by atoms with Crippen molar-refractivity contribution in [3.8, 4) is 17.7 Å². The summed E-state index contributed by atoms with van der Waals surface area (Å²) in [4.78, 5) is 18.0. The molecule has 6 nitrogen and oxygen atoms in total. The van der Waals surface area contributed by atoms with Gasteiger partial charge in [0.25, 0.3) is 5.91 Å². The first kappa shape index (κ1) is 15.8. The summed E-state index contributed by atoms with van der Waals surface area (Å²) < 4.78 is 11.2. The molecule has 2 heterocycles. The molecule has 0 bridgehead atoms. The first-order chi connectivity index (χ1) is 11.7. The van der Waals surface area contributed by atoms with E-state index in [4.69, 9.17) is 14.7 Å². The second-order valence-corrected chi connectivity index (χ2v) is 5.46. The topological polar surface area (TPSA) is 75.5 Å². The van der Waals surface area contributed by atoms with E-state index in [0.717, 1.165) is 6.42 Å². The molecule has 2 aromatic rings. The number of nitrogens with zero attached hydrogens (tertiary/aromatic N) is 3. The largest absolute Gasteiger partial charge is 0.484 e. The summed E-state index contributed by atoms with van der Waals surface area (Å²) in [6.45, 7) is 1.13. The minimum atomic E-state index is -0.118. The van der Waals surface area contributed by atoms with E-state index >= 15 is 0 Å². The summed E-state index contributed by atoms with van der Waals surface area (Å²) in [6, 6.07) is 14.5. The molecular formula is C18H17N3O3. The molecule has 1 unspecified atom stereocenters. The first-order valence-corrected chi connectivity index (χ1v) is 7.73. The van der Waals surface area contributed by atoms with Crippen LogP contribution >= 0.6 is 0 Å². The fourth-order valence-corrected chi connectivity index (χ4v) is 2.52. The van der Waals surface area contributed by atoms with E-state index in [1.165, 1.54) is 0 Å². The van der Waals surface area contributed by atoms with Crippen molar-refractivity contribution in [2.75, 3.05) is 19.7 Å². The molecule has 1 fully saturated rings. The number of aromatic nitrogens is 1. The predicted molar refractivity (Wildman–Crippen MR) is 86.5 cm³/mol. The molecule has 0 spiro atoms. The van der Waals surface area contributed by atoms with Crippen LogP contribution < -0.4 is 9.47 Å². The normalized spacial score (nSPS) is 16.5. The number of ether oxygens (including phenoxy) is 2. The Hall–Kier alpha value is -3.07. The summed E-state index contributed by atoms with van der Waals surface area (Å²) in [5.74, 6) is 1.02. The quantitative estimate of drug-likeness (QED) is 0.841. The Balaban J connectivity index is 1.49. The van der Waals surface area contributed by atoms with Gasteiger partial charge in [-0.05, 0) is 18.2 Å². The van der Waals surface area contributed by atoms with E-state index < -0.39 is 0 Å². The van der Waals surface area contributed by atoms with Gasteiger partial charge in [0.2, 0.25) is 5.88 Å². The summed E-state index contributed by atoms with van der Waals surface area (Å²) in [5, 5.41) is 8.89. The minimum absolute atomic E-state index is 0.0128. The monoisotopic (exact) mass is 323 g/mol. The van der Waals surface area contributed by atoms with Crippen molar-refractivity contribution in [2.24, 2.45) is 0 Å². The number of hydrogen-bond donors (Lipinski definition) is 0. The van der Waals surface area contributed by atoms with Gasteiger partial charge in [-0.15, -0.1) is 0 Å². The first-order valence-electron chi connectivity index (χ1n) is 7.73. The van der Waals surface area contributed by atoms with E-state index in [2.05, 4.69) is 11.1 Å². The molecule has 122 valence electrons. The molecule has 0 N–H and O–H groups in total. The van der Waals surface area contributed by atoms with Crippen LogP contribution in [0.4, 0.5) is 0 Å². The number of carbonyl (C=O) groups is 1. The van der Waals surface area contributed by atoms with Crippen LogP contribution in [0.5, 0.6) is 11.6 Å². The van der Waals surface area contributed by atoms with Gasteiger partial charge in [0, 0.05) is 25.2 Å². The Morgan fingerprint density at radius 2 is 2.17 bits per heavy atom. The average Bonchev–Trinajstić information content (AvgIpc) is 3.09. The van der Waals surface area contributed by atoms with Gasteiger partial charge >= 0.3 is 0 Å². The lowest BCUT2D eigenvalue weighted by atomic mass is 10.3. The zero-order valence-electron chi connectivity index (χ0n) is 13.1. The summed E-state index contributed by atoms with van der Waals surface area (Å²) >= 11 is 0. The second kappa shape index (κ2) is 7.47. The molecule has 24 heavy (non-hydrogen) atoms. The fraction of sp³-hybridized carbons (Fsp3) is 0.278. The zero-order chi connectivity index (χ0) is 16.8. The number of carbonyl (C=O) groups excluding carboxylic acids is 1. The van der Waals surface area contributed by atoms with Gasteiger partial charge in [0.05, 0.1) is 18.2 Å². The molecule has 1 aromatic carbocycles. The number of benzene rings is 1. The molecule has 1 saturated heterocycles. The lowest BCUT2D eigenvalue weighted by molar-refractivity contribution is -0.132. The summed E-state index contributed by atoms with van der Waals surface area (Å²) in [7, 11) is 0. The maximum Gasteiger partial charge on any atom is 0.260 e. The third kappa shape index (κ3) is 4.02. The van der Waals surface area contributed by atoms with Crippen molar-refractivity contribution >= 4 is 5.91 Å². The van der Waals surface area contributed by atoms with Crippen molar-refractivity contribution in [1.29, 1.82) is 5.26 Å². The second-order valence-electron chi connectivity index (χ2n) is 5.46. The molecule has 6 heteroatoms. The van der Waals surface area contributed by atoms with Crippen LogP contribution in [0.1, 0.15) is 12.0 Å². The molecular weight excluding hydrogens is 306 g/mol. The molecule has 3 rings (SSSR count). The SMILES string of the molecule is N#Cc1ccnc(OC2CCN(C(=O)COc3ccccc3)C2)c1. The van der Waals surface area contributed by atoms with Gasteiger partial charge in [0.15, 0.2) is 6.61 Å². The Bertz CT molecular complexity index is 743. The minimum Gasteiger partial charge on any atom is -0.484 e. The molecule has 1 aliphatic heterocycles. The van der Waals surface area contributed by atoms with Gasteiger partial charge in [-0.2, -0.15) is 5.26 Å². The highest BCUT2D eigenvalue weighted by atomic mass is 16.5. The Morgan fingerprint density at radius 3 is 2.96 bits per heavy atom. The highest BCUT2D eigenvalue weighted by molar-refractivity contribution is 5.78. The standard InChI is InChI=1S/C18H17N3O3/c19-11-14-6-8-20-17(10-14)24-16-7-9-21(12-16)18(22)13-23-15-4-2-1-3-5-15/h1-6,8,10,16H,7,9,12-13H2. The molecule has 0 saturated carbocycles. The smallest absolute Gasteiger partial charge is 0.260 e. The summed E-state index contributed by atoms with van der Waals surface area (Å²) in [5.41, 5.74) is 0.502. The molecule has 1 aliphatic rings. The van der Waals surface area contributed by atoms with E-state index in [9.17, 15) is 4.79 Å². The zero-order valence-corrected chi connectivity index (χ0v) is 13.1. The van der Waals surface area contributed by atoms with E-state index in [1.807, 2.05) is 30.3 Å². The average molecular weight is 323 g/mol. The molecule has 1 aromatic heterocycles. The van der Waals surface area contributed by atoms with Crippen LogP contribution in [0.2, 0.25) is 0 Å². The van der Waals surface area contributed by atoms with Crippen molar-refractivity contribution in [3.63, 3.8) is 0 Å².